The lowest BCUT2D eigenvalue weighted by Gasteiger charge is -2.16. The maximum Gasteiger partial charge on any atom is 0.282 e. The summed E-state index contributed by atoms with van der Waals surface area (Å²) in [6, 6.07) is 0.0387. The van der Waals surface area contributed by atoms with Crippen molar-refractivity contribution in [1.29, 1.82) is 0 Å². The Kier molecular flexibility index (Phi) is 7.18. The Morgan fingerprint density at radius 3 is 2.18 bits per heavy atom. The van der Waals surface area contributed by atoms with Crippen LogP contribution in [0, 0.1) is 6.92 Å². The molecule has 0 bridgehead atoms. The predicted octanol–water partition coefficient (Wildman–Crippen LogP) is 5.31. The molecule has 0 aliphatic rings. The lowest BCUT2D eigenvalue weighted by Crippen LogP contribution is -2.27. The second kappa shape index (κ2) is 10.1. The molecule has 0 aliphatic heterocycles. The van der Waals surface area contributed by atoms with Crippen LogP contribution in [0.25, 0.3) is 21.3 Å². The Bertz CT molecular complexity index is 1540. The van der Waals surface area contributed by atoms with Gasteiger partial charge in [0.05, 0.1) is 11.4 Å². The van der Waals surface area contributed by atoms with E-state index in [1.807, 2.05) is 0 Å². The van der Waals surface area contributed by atoms with Gasteiger partial charge in [-0.3, -0.25) is 19.0 Å². The van der Waals surface area contributed by atoms with Crippen molar-refractivity contribution in [3.05, 3.63) is 46.0 Å². The molecule has 0 spiro atoms. The highest BCUT2D eigenvalue weighted by Crippen LogP contribution is 2.43. The van der Waals surface area contributed by atoms with Crippen molar-refractivity contribution in [2.45, 2.75) is 39.2 Å². The predicted molar refractivity (Wildman–Crippen MR) is 126 cm³/mol. The number of fused-ring (bicyclic) bond motifs is 1. The Morgan fingerprint density at radius 2 is 1.66 bits per heavy atom. The van der Waals surface area contributed by atoms with E-state index in [4.69, 9.17) is 5.73 Å². The molecule has 2 amide bonds. The first kappa shape index (κ1) is 27.1. The number of alkyl halides is 6. The standard InChI is InChI=1S/C22H19F6N7O2S/c1-7-10(6-34(3)32-7)9-4-11(17(23)24)30-22-14(9)15(16(38-22)20(29)36)31-21(37)8(2)35-13(19(27)28)5-12(33-35)18(25)26/h4-6,8,17-19H,1-3H3,(H2,29,36)(H,31,37). The Morgan fingerprint density at radius 1 is 1.00 bits per heavy atom. The first-order chi connectivity index (χ1) is 17.8. The van der Waals surface area contributed by atoms with E-state index in [0.29, 0.717) is 33.3 Å². The number of rotatable bonds is 8. The number of pyridine rings is 1. The van der Waals surface area contributed by atoms with Crippen molar-refractivity contribution in [2.24, 2.45) is 12.8 Å². The number of primary amides is 1. The van der Waals surface area contributed by atoms with Crippen molar-refractivity contribution in [1.82, 2.24) is 24.5 Å². The van der Waals surface area contributed by atoms with Crippen LogP contribution >= 0.6 is 11.3 Å². The number of hydrogen-bond acceptors (Lipinski definition) is 6. The van der Waals surface area contributed by atoms with Gasteiger partial charge in [0, 0.05) is 24.2 Å². The third-order valence-electron chi connectivity index (χ3n) is 5.66. The Labute approximate surface area is 214 Å². The minimum Gasteiger partial charge on any atom is -0.365 e. The number of thiophene rings is 1. The Balaban J connectivity index is 1.88. The van der Waals surface area contributed by atoms with Gasteiger partial charge >= 0.3 is 0 Å². The summed E-state index contributed by atoms with van der Waals surface area (Å²) in [7, 11) is 1.61. The zero-order chi connectivity index (χ0) is 28.0. The number of nitrogens with two attached hydrogens (primary N) is 1. The van der Waals surface area contributed by atoms with Crippen molar-refractivity contribution >= 4 is 39.1 Å². The van der Waals surface area contributed by atoms with Gasteiger partial charge in [-0.15, -0.1) is 11.3 Å². The zero-order valence-electron chi connectivity index (χ0n) is 19.8. The second-order valence-electron chi connectivity index (χ2n) is 8.25. The molecule has 0 aliphatic carbocycles. The minimum atomic E-state index is -3.22. The van der Waals surface area contributed by atoms with Gasteiger partial charge in [0.2, 0.25) is 5.91 Å². The maximum absolute atomic E-state index is 13.7. The van der Waals surface area contributed by atoms with E-state index in [1.165, 1.54) is 4.68 Å². The quantitative estimate of drug-likeness (QED) is 0.284. The molecule has 202 valence electrons. The average Bonchev–Trinajstić information content (AvgIpc) is 3.53. The fraction of sp³-hybridized carbons (Fsp3) is 0.318. The van der Waals surface area contributed by atoms with E-state index in [-0.39, 0.29) is 26.3 Å². The average molecular weight is 559 g/mol. The summed E-state index contributed by atoms with van der Waals surface area (Å²) in [6.07, 6.45) is -7.80. The van der Waals surface area contributed by atoms with Crippen molar-refractivity contribution in [3.63, 3.8) is 0 Å². The molecule has 0 radical (unpaired) electrons. The van der Waals surface area contributed by atoms with Crippen molar-refractivity contribution in [3.8, 4) is 11.1 Å². The number of hydrogen-bond donors (Lipinski definition) is 2. The largest absolute Gasteiger partial charge is 0.365 e. The van der Waals surface area contributed by atoms with Gasteiger partial charge < -0.3 is 11.1 Å². The number of aromatic nitrogens is 5. The van der Waals surface area contributed by atoms with Crippen LogP contribution < -0.4 is 11.1 Å². The van der Waals surface area contributed by atoms with Crippen molar-refractivity contribution in [2.75, 3.05) is 5.32 Å². The van der Waals surface area contributed by atoms with Gasteiger partial charge in [-0.25, -0.2) is 31.3 Å². The zero-order valence-corrected chi connectivity index (χ0v) is 20.7. The van der Waals surface area contributed by atoms with E-state index in [9.17, 15) is 35.9 Å². The molecule has 0 saturated carbocycles. The summed E-state index contributed by atoms with van der Waals surface area (Å²) in [5.41, 5.74) is 3.83. The maximum atomic E-state index is 13.7. The first-order valence-corrected chi connectivity index (χ1v) is 11.6. The van der Waals surface area contributed by atoms with E-state index in [0.717, 1.165) is 13.0 Å². The summed E-state index contributed by atoms with van der Waals surface area (Å²) in [5, 5.41) is 10.2. The number of nitrogens with zero attached hydrogens (tertiary/aromatic N) is 5. The number of aryl methyl sites for hydroxylation is 2. The summed E-state index contributed by atoms with van der Waals surface area (Å²) in [5.74, 6) is -2.03. The van der Waals surface area contributed by atoms with E-state index in [1.54, 1.807) is 20.2 Å². The summed E-state index contributed by atoms with van der Waals surface area (Å²) < 4.78 is 82.4. The number of anilines is 1. The van der Waals surface area contributed by atoms with Gasteiger partial charge in [0.25, 0.3) is 25.2 Å². The number of carbonyl (C=O) groups excluding carboxylic acids is 2. The Hall–Kier alpha value is -3.95. The topological polar surface area (TPSA) is 121 Å². The smallest absolute Gasteiger partial charge is 0.282 e. The number of nitrogens with one attached hydrogen (secondary N) is 1. The highest BCUT2D eigenvalue weighted by atomic mass is 32.1. The molecular weight excluding hydrogens is 540 g/mol. The highest BCUT2D eigenvalue weighted by molar-refractivity contribution is 7.21. The second-order valence-corrected chi connectivity index (χ2v) is 9.25. The van der Waals surface area contributed by atoms with Gasteiger partial charge in [0.15, 0.2) is 0 Å². The molecular formula is C22H19F6N7O2S. The van der Waals surface area contributed by atoms with Crippen molar-refractivity contribution < 1.29 is 35.9 Å². The van der Waals surface area contributed by atoms with Gasteiger partial charge in [-0.05, 0) is 31.5 Å². The van der Waals surface area contributed by atoms with Crippen LogP contribution in [0.1, 0.15) is 64.7 Å². The van der Waals surface area contributed by atoms with Gasteiger partial charge in [-0.1, -0.05) is 0 Å². The third kappa shape index (κ3) is 4.82. The minimum absolute atomic E-state index is 0.0508. The highest BCUT2D eigenvalue weighted by Gasteiger charge is 2.30. The molecule has 4 aromatic heterocycles. The van der Waals surface area contributed by atoms with E-state index in [2.05, 4.69) is 20.5 Å². The van der Waals surface area contributed by atoms with Crippen LogP contribution in [0.2, 0.25) is 0 Å². The molecule has 4 heterocycles. The fourth-order valence-corrected chi connectivity index (χ4v) is 4.96. The number of carbonyl (C=O) groups is 2. The van der Waals surface area contributed by atoms with Crippen LogP contribution in [0.3, 0.4) is 0 Å². The molecule has 1 unspecified atom stereocenters. The first-order valence-electron chi connectivity index (χ1n) is 10.8. The van der Waals surface area contributed by atoms with Crippen LogP contribution in [0.4, 0.5) is 32.0 Å². The van der Waals surface area contributed by atoms with Crippen LogP contribution in [0.15, 0.2) is 18.3 Å². The molecule has 0 saturated heterocycles. The number of halogens is 6. The monoisotopic (exact) mass is 559 g/mol. The molecule has 0 fully saturated rings. The van der Waals surface area contributed by atoms with Gasteiger partial charge in [0.1, 0.15) is 32.8 Å². The molecule has 4 aromatic rings. The summed E-state index contributed by atoms with van der Waals surface area (Å²) >= 11 is 0.648. The molecule has 1 atom stereocenters. The van der Waals surface area contributed by atoms with Crippen LogP contribution in [-0.4, -0.2) is 36.4 Å². The molecule has 3 N–H and O–H groups in total. The van der Waals surface area contributed by atoms with E-state index < -0.39 is 54.2 Å². The SMILES string of the molecule is Cc1nn(C)cc1-c1cc(C(F)F)nc2sc(C(N)=O)c(NC(=O)C(C)n3nc(C(F)F)cc3C(F)F)c12. The normalized spacial score (nSPS) is 12.7. The molecule has 4 rings (SSSR count). The summed E-state index contributed by atoms with van der Waals surface area (Å²) in [6.45, 7) is 2.76. The fourth-order valence-electron chi connectivity index (χ4n) is 3.95. The lowest BCUT2D eigenvalue weighted by atomic mass is 10.0. The number of amides is 2. The molecule has 9 nitrogen and oxygen atoms in total. The molecule has 16 heteroatoms. The molecule has 38 heavy (non-hydrogen) atoms. The lowest BCUT2D eigenvalue weighted by molar-refractivity contribution is -0.119. The van der Waals surface area contributed by atoms with Gasteiger partial charge in [-0.2, -0.15) is 10.2 Å². The summed E-state index contributed by atoms with van der Waals surface area (Å²) in [4.78, 5) is 29.0. The third-order valence-corrected chi connectivity index (χ3v) is 6.76. The molecule has 0 aromatic carbocycles. The van der Waals surface area contributed by atoms with Crippen LogP contribution in [0.5, 0.6) is 0 Å². The van der Waals surface area contributed by atoms with Crippen LogP contribution in [-0.2, 0) is 11.8 Å². The van der Waals surface area contributed by atoms with E-state index >= 15 is 0 Å².